The second kappa shape index (κ2) is 8.16. The molecule has 0 spiro atoms. The van der Waals surface area contributed by atoms with Crippen LogP contribution in [0.25, 0.3) is 0 Å². The lowest BCUT2D eigenvalue weighted by Gasteiger charge is -2.50. The Morgan fingerprint density at radius 3 is 2.12 bits per heavy atom. The standard InChI is InChI=1S/C21H40O3SSi/c1-13(2)26(14(3)4,15(5)6)24-19(22)20-23-18-12-16(7)10-11-17(18)21(8,9)25-20/h13-18,20H,10-12H2,1-9H3/t16-,17-,18-,20-/m1/s1. The topological polar surface area (TPSA) is 35.5 Å². The lowest BCUT2D eigenvalue weighted by Crippen LogP contribution is -2.54. The Morgan fingerprint density at radius 1 is 1.08 bits per heavy atom. The van der Waals surface area contributed by atoms with Crippen molar-refractivity contribution < 1.29 is 14.0 Å². The second-order valence-electron chi connectivity index (χ2n) is 9.99. The molecule has 2 rings (SSSR count). The first-order valence-electron chi connectivity index (χ1n) is 10.5. The first-order chi connectivity index (χ1) is 11.9. The van der Waals surface area contributed by atoms with Gasteiger partial charge in [0.15, 0.2) is 5.44 Å². The summed E-state index contributed by atoms with van der Waals surface area (Å²) in [5.74, 6) is 1.10. The maximum Gasteiger partial charge on any atom is 0.332 e. The SMILES string of the molecule is CC(C)[Si](OC(=O)[C@@H]1O[C@@H]2C[C@H](C)CC[C@H]2C(C)(C)S1)(C(C)C)C(C)C. The highest BCUT2D eigenvalue weighted by Crippen LogP contribution is 2.51. The minimum absolute atomic E-state index is 0.0600. The van der Waals surface area contributed by atoms with Gasteiger partial charge in [-0.05, 0) is 41.3 Å². The highest BCUT2D eigenvalue weighted by Gasteiger charge is 2.52. The zero-order valence-electron chi connectivity index (χ0n) is 18.3. The third-order valence-electron chi connectivity index (χ3n) is 6.83. The normalized spacial score (nSPS) is 32.0. The van der Waals surface area contributed by atoms with Crippen LogP contribution < -0.4 is 0 Å². The van der Waals surface area contributed by atoms with E-state index < -0.39 is 13.8 Å². The lowest BCUT2D eigenvalue weighted by molar-refractivity contribution is -0.151. The van der Waals surface area contributed by atoms with E-state index in [-0.39, 0.29) is 16.8 Å². The summed E-state index contributed by atoms with van der Waals surface area (Å²) in [6.07, 6.45) is 3.74. The van der Waals surface area contributed by atoms with Crippen LogP contribution in [0.2, 0.25) is 16.6 Å². The van der Waals surface area contributed by atoms with Gasteiger partial charge in [-0.25, -0.2) is 4.79 Å². The van der Waals surface area contributed by atoms with Crippen molar-refractivity contribution in [3.05, 3.63) is 0 Å². The molecule has 0 bridgehead atoms. The summed E-state index contributed by atoms with van der Waals surface area (Å²) in [5.41, 5.74) is 0.723. The first-order valence-corrected chi connectivity index (χ1v) is 13.5. The molecule has 2 fully saturated rings. The van der Waals surface area contributed by atoms with Crippen LogP contribution in [0.4, 0.5) is 0 Å². The van der Waals surface area contributed by atoms with Crippen LogP contribution in [0.5, 0.6) is 0 Å². The number of hydrogen-bond donors (Lipinski definition) is 0. The molecule has 1 aliphatic carbocycles. The van der Waals surface area contributed by atoms with Crippen molar-refractivity contribution in [3.63, 3.8) is 0 Å². The summed E-state index contributed by atoms with van der Waals surface area (Å²) in [7, 11) is -2.22. The molecule has 0 unspecified atom stereocenters. The van der Waals surface area contributed by atoms with Crippen molar-refractivity contribution in [1.82, 2.24) is 0 Å². The Balaban J connectivity index is 2.20. The molecule has 5 heteroatoms. The van der Waals surface area contributed by atoms with Gasteiger partial charge >= 0.3 is 5.97 Å². The summed E-state index contributed by atoms with van der Waals surface area (Å²) in [5, 5.41) is 0. The smallest absolute Gasteiger partial charge is 0.332 e. The third kappa shape index (κ3) is 4.20. The van der Waals surface area contributed by atoms with Gasteiger partial charge in [-0.2, -0.15) is 0 Å². The van der Waals surface area contributed by atoms with Crippen molar-refractivity contribution in [2.75, 3.05) is 0 Å². The van der Waals surface area contributed by atoms with Gasteiger partial charge in [-0.15, -0.1) is 11.8 Å². The van der Waals surface area contributed by atoms with Gasteiger partial charge < -0.3 is 9.16 Å². The number of carbonyl (C=O) groups excluding carboxylic acids is 1. The minimum Gasteiger partial charge on any atom is -0.516 e. The summed E-state index contributed by atoms with van der Waals surface area (Å²) < 4.78 is 12.8. The van der Waals surface area contributed by atoms with Crippen LogP contribution in [0.15, 0.2) is 0 Å². The third-order valence-corrected chi connectivity index (χ3v) is 14.2. The Labute approximate surface area is 166 Å². The predicted octanol–water partition coefficient (Wildman–Crippen LogP) is 6.38. The van der Waals surface area contributed by atoms with Crippen molar-refractivity contribution in [1.29, 1.82) is 0 Å². The van der Waals surface area contributed by atoms with Crippen molar-refractivity contribution in [2.24, 2.45) is 11.8 Å². The number of carbonyl (C=O) groups is 1. The molecule has 4 atom stereocenters. The number of ether oxygens (including phenoxy) is 1. The molecule has 152 valence electrons. The zero-order valence-corrected chi connectivity index (χ0v) is 20.1. The average Bonchev–Trinajstić information content (AvgIpc) is 2.49. The van der Waals surface area contributed by atoms with E-state index in [0.717, 1.165) is 6.42 Å². The molecular formula is C21H40O3SSi. The molecule has 2 aliphatic rings. The molecule has 0 aromatic heterocycles. The predicted molar refractivity (Wildman–Crippen MR) is 114 cm³/mol. The van der Waals surface area contributed by atoms with Gasteiger partial charge in [-0.3, -0.25) is 0 Å². The fourth-order valence-corrected chi connectivity index (χ4v) is 12.1. The molecule has 1 aliphatic heterocycles. The summed E-state index contributed by atoms with van der Waals surface area (Å²) in [4.78, 5) is 13.2. The van der Waals surface area contributed by atoms with E-state index in [0.29, 0.717) is 28.5 Å². The zero-order chi connectivity index (χ0) is 19.9. The van der Waals surface area contributed by atoms with Crippen LogP contribution in [0, 0.1) is 11.8 Å². The number of rotatable bonds is 5. The van der Waals surface area contributed by atoms with E-state index in [2.05, 4.69) is 62.3 Å². The largest absolute Gasteiger partial charge is 0.516 e. The van der Waals surface area contributed by atoms with Crippen LogP contribution in [0.1, 0.15) is 81.6 Å². The number of hydrogen-bond acceptors (Lipinski definition) is 4. The van der Waals surface area contributed by atoms with Gasteiger partial charge in [-0.1, -0.05) is 68.7 Å². The number of fused-ring (bicyclic) bond motifs is 1. The quantitative estimate of drug-likeness (QED) is 0.502. The maximum atomic E-state index is 13.2. The van der Waals surface area contributed by atoms with E-state index in [4.69, 9.17) is 9.16 Å². The average molecular weight is 401 g/mol. The molecule has 0 radical (unpaired) electrons. The van der Waals surface area contributed by atoms with Gasteiger partial charge in [0, 0.05) is 4.75 Å². The van der Waals surface area contributed by atoms with Crippen LogP contribution in [-0.4, -0.2) is 30.6 Å². The number of thioether (sulfide) groups is 1. The Morgan fingerprint density at radius 2 is 1.62 bits per heavy atom. The molecule has 1 saturated carbocycles. The fraction of sp³-hybridized carbons (Fsp3) is 0.952. The fourth-order valence-electron chi connectivity index (χ4n) is 5.50. The molecule has 26 heavy (non-hydrogen) atoms. The maximum absolute atomic E-state index is 13.2. The molecule has 0 N–H and O–H groups in total. The van der Waals surface area contributed by atoms with E-state index in [1.165, 1.54) is 12.8 Å². The van der Waals surface area contributed by atoms with Gasteiger partial charge in [0.25, 0.3) is 8.32 Å². The van der Waals surface area contributed by atoms with Gasteiger partial charge in [0.05, 0.1) is 6.10 Å². The van der Waals surface area contributed by atoms with Crippen molar-refractivity contribution in [2.45, 2.75) is 114 Å². The molecule has 1 heterocycles. The van der Waals surface area contributed by atoms with Crippen molar-refractivity contribution in [3.8, 4) is 0 Å². The molecule has 0 aromatic carbocycles. The monoisotopic (exact) mass is 400 g/mol. The van der Waals surface area contributed by atoms with E-state index in [1.807, 2.05) is 0 Å². The molecule has 0 amide bonds. The van der Waals surface area contributed by atoms with Gasteiger partial charge in [0.1, 0.15) is 0 Å². The van der Waals surface area contributed by atoms with E-state index in [1.54, 1.807) is 11.8 Å². The summed E-state index contributed by atoms with van der Waals surface area (Å²) in [6.45, 7) is 20.2. The Kier molecular flexibility index (Phi) is 7.00. The van der Waals surface area contributed by atoms with Crippen LogP contribution >= 0.6 is 11.8 Å². The first kappa shape index (κ1) is 22.3. The molecule has 0 aromatic rings. The van der Waals surface area contributed by atoms with Crippen LogP contribution in [-0.2, 0) is 14.0 Å². The Bertz CT molecular complexity index is 482. The Hall–Kier alpha value is -0.00312. The molecule has 3 nitrogen and oxygen atoms in total. The highest BCUT2D eigenvalue weighted by molar-refractivity contribution is 8.01. The highest BCUT2D eigenvalue weighted by atomic mass is 32.2. The van der Waals surface area contributed by atoms with E-state index in [9.17, 15) is 4.79 Å². The van der Waals surface area contributed by atoms with Crippen LogP contribution in [0.3, 0.4) is 0 Å². The molecule has 1 saturated heterocycles. The second-order valence-corrected chi connectivity index (χ2v) is 17.1. The van der Waals surface area contributed by atoms with Gasteiger partial charge in [0.2, 0.25) is 0 Å². The van der Waals surface area contributed by atoms with E-state index >= 15 is 0 Å². The summed E-state index contributed by atoms with van der Waals surface area (Å²) in [6, 6.07) is 0. The molecular weight excluding hydrogens is 360 g/mol. The minimum atomic E-state index is -2.22. The van der Waals surface area contributed by atoms with Crippen molar-refractivity contribution >= 4 is 26.0 Å². The lowest BCUT2D eigenvalue weighted by atomic mass is 9.75. The summed E-state index contributed by atoms with van der Waals surface area (Å²) >= 11 is 1.68.